The molecule has 1 aliphatic rings. The van der Waals surface area contributed by atoms with E-state index in [1.165, 1.54) is 6.42 Å². The van der Waals surface area contributed by atoms with Gasteiger partial charge in [-0.05, 0) is 25.2 Å². The standard InChI is InChI=1S/C12H18N2O2/c1-8-4-9(2)7-14(6-8)12(15)11-5-10(3)16-13-11/h5,8-9H,4,6-7H2,1-3H3/t8-,9+. The average molecular weight is 222 g/mol. The highest BCUT2D eigenvalue weighted by Crippen LogP contribution is 2.22. The second-order valence-electron chi connectivity index (χ2n) is 4.98. The number of carbonyl (C=O) groups excluding carboxylic acids is 1. The molecule has 2 heterocycles. The number of hydrogen-bond acceptors (Lipinski definition) is 3. The van der Waals surface area contributed by atoms with Gasteiger partial charge in [0.2, 0.25) is 0 Å². The number of rotatable bonds is 1. The number of carbonyl (C=O) groups is 1. The Balaban J connectivity index is 2.09. The van der Waals surface area contributed by atoms with Crippen molar-refractivity contribution in [3.05, 3.63) is 17.5 Å². The van der Waals surface area contributed by atoms with Gasteiger partial charge in [-0.1, -0.05) is 19.0 Å². The highest BCUT2D eigenvalue weighted by molar-refractivity contribution is 5.92. The van der Waals surface area contributed by atoms with Crippen molar-refractivity contribution in [2.24, 2.45) is 11.8 Å². The number of hydrogen-bond donors (Lipinski definition) is 0. The van der Waals surface area contributed by atoms with E-state index in [1.54, 1.807) is 13.0 Å². The maximum absolute atomic E-state index is 12.1. The van der Waals surface area contributed by atoms with Crippen molar-refractivity contribution in [3.8, 4) is 0 Å². The molecular weight excluding hydrogens is 204 g/mol. The molecule has 16 heavy (non-hydrogen) atoms. The Hall–Kier alpha value is -1.32. The molecule has 0 spiro atoms. The Kier molecular flexibility index (Phi) is 2.99. The summed E-state index contributed by atoms with van der Waals surface area (Å²) < 4.78 is 4.93. The lowest BCUT2D eigenvalue weighted by Gasteiger charge is -2.34. The smallest absolute Gasteiger partial charge is 0.276 e. The minimum Gasteiger partial charge on any atom is -0.361 e. The van der Waals surface area contributed by atoms with E-state index in [9.17, 15) is 4.79 Å². The third-order valence-electron chi connectivity index (χ3n) is 3.00. The van der Waals surface area contributed by atoms with E-state index in [0.717, 1.165) is 13.1 Å². The fraction of sp³-hybridized carbons (Fsp3) is 0.667. The van der Waals surface area contributed by atoms with Crippen molar-refractivity contribution in [1.29, 1.82) is 0 Å². The minimum atomic E-state index is -0.00440. The van der Waals surface area contributed by atoms with Crippen LogP contribution in [-0.2, 0) is 0 Å². The van der Waals surface area contributed by atoms with E-state index >= 15 is 0 Å². The summed E-state index contributed by atoms with van der Waals surface area (Å²) in [4.78, 5) is 14.0. The topological polar surface area (TPSA) is 46.3 Å². The summed E-state index contributed by atoms with van der Waals surface area (Å²) in [6.07, 6.45) is 1.20. The first kappa shape index (κ1) is 11.2. The van der Waals surface area contributed by atoms with Crippen LogP contribution in [0.15, 0.2) is 10.6 Å². The second kappa shape index (κ2) is 4.28. The van der Waals surface area contributed by atoms with Gasteiger partial charge in [0, 0.05) is 19.2 Å². The molecular formula is C12H18N2O2. The maximum Gasteiger partial charge on any atom is 0.276 e. The van der Waals surface area contributed by atoms with Gasteiger partial charge in [-0.15, -0.1) is 0 Å². The molecule has 0 unspecified atom stereocenters. The van der Waals surface area contributed by atoms with Crippen molar-refractivity contribution in [2.45, 2.75) is 27.2 Å². The number of nitrogens with zero attached hydrogens (tertiary/aromatic N) is 2. The fourth-order valence-electron chi connectivity index (χ4n) is 2.46. The van der Waals surface area contributed by atoms with Crippen molar-refractivity contribution in [2.75, 3.05) is 13.1 Å². The van der Waals surface area contributed by atoms with Crippen molar-refractivity contribution < 1.29 is 9.32 Å². The number of aromatic nitrogens is 1. The molecule has 0 aromatic carbocycles. The number of piperidine rings is 1. The van der Waals surface area contributed by atoms with Gasteiger partial charge in [0.25, 0.3) is 5.91 Å². The zero-order chi connectivity index (χ0) is 11.7. The van der Waals surface area contributed by atoms with Crippen LogP contribution >= 0.6 is 0 Å². The average Bonchev–Trinajstić information content (AvgIpc) is 2.62. The summed E-state index contributed by atoms with van der Waals surface area (Å²) in [6, 6.07) is 1.70. The van der Waals surface area contributed by atoms with Gasteiger partial charge in [0.15, 0.2) is 5.69 Å². The van der Waals surface area contributed by atoms with Crippen molar-refractivity contribution in [1.82, 2.24) is 10.1 Å². The van der Waals surface area contributed by atoms with Crippen LogP contribution in [0.1, 0.15) is 36.5 Å². The molecule has 1 amide bonds. The minimum absolute atomic E-state index is 0.00440. The molecule has 1 aliphatic heterocycles. The first-order valence-electron chi connectivity index (χ1n) is 5.79. The van der Waals surface area contributed by atoms with E-state index in [2.05, 4.69) is 19.0 Å². The third kappa shape index (κ3) is 2.26. The summed E-state index contributed by atoms with van der Waals surface area (Å²) >= 11 is 0. The predicted octanol–water partition coefficient (Wildman–Crippen LogP) is 2.10. The molecule has 4 heteroatoms. The maximum atomic E-state index is 12.1. The van der Waals surface area contributed by atoms with Crippen LogP contribution in [0.4, 0.5) is 0 Å². The fourth-order valence-corrected chi connectivity index (χ4v) is 2.46. The van der Waals surface area contributed by atoms with Gasteiger partial charge in [-0.25, -0.2) is 0 Å². The molecule has 1 aromatic heterocycles. The first-order chi connectivity index (χ1) is 7.56. The summed E-state index contributed by atoms with van der Waals surface area (Å²) in [5.41, 5.74) is 0.429. The molecule has 2 atom stereocenters. The molecule has 0 radical (unpaired) electrons. The van der Waals surface area contributed by atoms with Gasteiger partial charge in [-0.3, -0.25) is 4.79 Å². The molecule has 4 nitrogen and oxygen atoms in total. The zero-order valence-corrected chi connectivity index (χ0v) is 10.1. The molecule has 0 N–H and O–H groups in total. The molecule has 0 aliphatic carbocycles. The molecule has 1 fully saturated rings. The van der Waals surface area contributed by atoms with Gasteiger partial charge < -0.3 is 9.42 Å². The normalized spacial score (nSPS) is 25.8. The van der Waals surface area contributed by atoms with Crippen LogP contribution in [-0.4, -0.2) is 29.1 Å². The van der Waals surface area contributed by atoms with E-state index in [-0.39, 0.29) is 5.91 Å². The van der Waals surface area contributed by atoms with Crippen LogP contribution in [0.2, 0.25) is 0 Å². The zero-order valence-electron chi connectivity index (χ0n) is 10.1. The molecule has 0 saturated carbocycles. The van der Waals surface area contributed by atoms with Gasteiger partial charge in [0.05, 0.1) is 0 Å². The van der Waals surface area contributed by atoms with Crippen molar-refractivity contribution in [3.63, 3.8) is 0 Å². The molecule has 0 bridgehead atoms. The number of amides is 1. The van der Waals surface area contributed by atoms with Crippen LogP contribution in [0.5, 0.6) is 0 Å². The molecule has 1 aromatic rings. The van der Waals surface area contributed by atoms with Crippen LogP contribution in [0.25, 0.3) is 0 Å². The van der Waals surface area contributed by atoms with Crippen molar-refractivity contribution >= 4 is 5.91 Å². The Bertz CT molecular complexity index is 376. The SMILES string of the molecule is Cc1cc(C(=O)N2C[C@H](C)C[C@H](C)C2)no1. The van der Waals surface area contributed by atoms with E-state index in [0.29, 0.717) is 23.3 Å². The summed E-state index contributed by atoms with van der Waals surface area (Å²) in [5, 5.41) is 3.77. The number of likely N-dealkylation sites (tertiary alicyclic amines) is 1. The monoisotopic (exact) mass is 222 g/mol. The third-order valence-corrected chi connectivity index (χ3v) is 3.00. The van der Waals surface area contributed by atoms with Gasteiger partial charge in [0.1, 0.15) is 5.76 Å². The lowest BCUT2D eigenvalue weighted by Crippen LogP contribution is -2.42. The van der Waals surface area contributed by atoms with E-state index in [1.807, 2.05) is 4.90 Å². The first-order valence-corrected chi connectivity index (χ1v) is 5.79. The summed E-state index contributed by atoms with van der Waals surface area (Å²) in [5.74, 6) is 1.82. The van der Waals surface area contributed by atoms with Crippen LogP contribution in [0, 0.1) is 18.8 Å². The predicted molar refractivity (Wildman–Crippen MR) is 60.1 cm³/mol. The molecule has 2 rings (SSSR count). The van der Waals surface area contributed by atoms with Gasteiger partial charge >= 0.3 is 0 Å². The second-order valence-corrected chi connectivity index (χ2v) is 4.98. The Morgan fingerprint density at radius 2 is 2.06 bits per heavy atom. The van der Waals surface area contributed by atoms with Crippen LogP contribution < -0.4 is 0 Å². The molecule has 88 valence electrons. The summed E-state index contributed by atoms with van der Waals surface area (Å²) in [6.45, 7) is 7.82. The largest absolute Gasteiger partial charge is 0.361 e. The van der Waals surface area contributed by atoms with E-state index < -0.39 is 0 Å². The quantitative estimate of drug-likeness (QED) is 0.731. The lowest BCUT2D eigenvalue weighted by molar-refractivity contribution is 0.0613. The van der Waals surface area contributed by atoms with E-state index in [4.69, 9.17) is 4.52 Å². The highest BCUT2D eigenvalue weighted by Gasteiger charge is 2.27. The highest BCUT2D eigenvalue weighted by atomic mass is 16.5. The Labute approximate surface area is 95.6 Å². The molecule has 1 saturated heterocycles. The van der Waals surface area contributed by atoms with Crippen LogP contribution in [0.3, 0.4) is 0 Å². The Morgan fingerprint density at radius 3 is 2.56 bits per heavy atom. The summed E-state index contributed by atoms with van der Waals surface area (Å²) in [7, 11) is 0. The number of aryl methyl sites for hydroxylation is 1. The van der Waals surface area contributed by atoms with Gasteiger partial charge in [-0.2, -0.15) is 0 Å². The lowest BCUT2D eigenvalue weighted by atomic mass is 9.92. The Morgan fingerprint density at radius 1 is 1.44 bits per heavy atom.